The van der Waals surface area contributed by atoms with Gasteiger partial charge < -0.3 is 27.9 Å². The molecule has 0 fully saturated rings. The largest absolute Gasteiger partial charge is 0.756 e. The summed E-state index contributed by atoms with van der Waals surface area (Å²) in [6, 6.07) is 0. The Morgan fingerprint density at radius 3 is 1.24 bits per heavy atom. The molecule has 0 spiro atoms. The van der Waals surface area contributed by atoms with Crippen molar-refractivity contribution < 1.29 is 42.1 Å². The molecular weight excluding hydrogens is 906 g/mol. The van der Waals surface area contributed by atoms with Crippen LogP contribution in [0, 0.1) is 0 Å². The van der Waals surface area contributed by atoms with Crippen LogP contribution in [0.3, 0.4) is 0 Å². The van der Waals surface area contributed by atoms with Crippen LogP contribution >= 0.6 is 7.82 Å². The van der Waals surface area contributed by atoms with Gasteiger partial charge in [0.1, 0.15) is 19.8 Å². The van der Waals surface area contributed by atoms with Gasteiger partial charge >= 0.3 is 11.9 Å². The summed E-state index contributed by atoms with van der Waals surface area (Å²) >= 11 is 0. The highest BCUT2D eigenvalue weighted by Gasteiger charge is 2.21. The van der Waals surface area contributed by atoms with Crippen molar-refractivity contribution in [3.05, 3.63) is 134 Å². The molecule has 0 rings (SSSR count). The van der Waals surface area contributed by atoms with E-state index in [0.29, 0.717) is 23.9 Å². The number of quaternary nitrogens is 1. The Balaban J connectivity index is 4.32. The summed E-state index contributed by atoms with van der Waals surface area (Å²) in [4.78, 5) is 37.7. The second-order valence-electron chi connectivity index (χ2n) is 18.9. The average Bonchev–Trinajstić information content (AvgIpc) is 3.33. The fourth-order valence-electron chi connectivity index (χ4n) is 6.68. The maximum atomic E-state index is 12.7. The number of nitrogens with zero attached hydrogens (tertiary/aromatic N) is 1. The molecule has 0 aromatic heterocycles. The predicted octanol–water partition coefficient (Wildman–Crippen LogP) is 16.3. The zero-order valence-corrected chi connectivity index (χ0v) is 46.3. The minimum atomic E-state index is -4.66. The van der Waals surface area contributed by atoms with Crippen LogP contribution in [-0.2, 0) is 32.7 Å². The molecule has 0 N–H and O–H groups in total. The van der Waals surface area contributed by atoms with Crippen LogP contribution in [0.1, 0.15) is 187 Å². The standard InChI is InChI=1S/C61H100NO8P/c1-6-8-10-12-14-16-18-20-22-23-24-25-26-27-28-29-30-31-32-33-34-35-36-37-38-39-40-42-44-46-48-50-52-54-61(64)70-59(58-69-71(65,66)68-56-55-62(3,4)5)57-67-60(63)53-51-49-47-45-43-41-21-19-17-15-13-11-9-7-2/h8,10,14,16,19-22,24-25,27-28,30-31,33-34,36-37,39-40,44,46,59H,6-7,9,11-13,15,17-18,23,26,29,32,35,38,41-43,45,47-58H2,1-5H3/b10-8-,16-14-,21-19-,22-20-,25-24-,28-27-,31-30-,34-33-,37-36-,40-39-,46-44-. The highest BCUT2D eigenvalue weighted by molar-refractivity contribution is 7.45. The van der Waals surface area contributed by atoms with Gasteiger partial charge in [-0.3, -0.25) is 14.2 Å². The van der Waals surface area contributed by atoms with Gasteiger partial charge in [-0.1, -0.05) is 192 Å². The Morgan fingerprint density at radius 2 is 0.803 bits per heavy atom. The number of likely N-dealkylation sites (N-methyl/N-ethyl adjacent to an activating group) is 1. The normalized spacial score (nSPS) is 14.4. The molecule has 10 heteroatoms. The van der Waals surface area contributed by atoms with Crippen molar-refractivity contribution in [2.24, 2.45) is 0 Å². The van der Waals surface area contributed by atoms with Crippen LogP contribution in [0.5, 0.6) is 0 Å². The maximum absolute atomic E-state index is 12.7. The Kier molecular flexibility index (Phi) is 48.3. The summed E-state index contributed by atoms with van der Waals surface area (Å²) in [6.45, 7) is 4.02. The molecule has 0 aliphatic carbocycles. The van der Waals surface area contributed by atoms with E-state index >= 15 is 0 Å². The summed E-state index contributed by atoms with van der Waals surface area (Å²) in [5, 5.41) is 0. The third kappa shape index (κ3) is 55.3. The van der Waals surface area contributed by atoms with Crippen LogP contribution in [0.25, 0.3) is 0 Å². The molecular formula is C61H100NO8P. The molecule has 2 unspecified atom stereocenters. The van der Waals surface area contributed by atoms with E-state index in [0.717, 1.165) is 109 Å². The molecule has 0 amide bonds. The van der Waals surface area contributed by atoms with Crippen LogP contribution < -0.4 is 4.89 Å². The molecule has 0 bridgehead atoms. The zero-order chi connectivity index (χ0) is 52.0. The second-order valence-corrected chi connectivity index (χ2v) is 20.3. The number of hydrogen-bond acceptors (Lipinski definition) is 8. The molecule has 0 radical (unpaired) electrons. The van der Waals surface area contributed by atoms with Gasteiger partial charge in [-0.25, -0.2) is 0 Å². The van der Waals surface area contributed by atoms with Crippen molar-refractivity contribution in [3.63, 3.8) is 0 Å². The smallest absolute Gasteiger partial charge is 0.306 e. The van der Waals surface area contributed by atoms with Gasteiger partial charge in [0.15, 0.2) is 6.10 Å². The molecule has 0 aliphatic rings. The van der Waals surface area contributed by atoms with E-state index < -0.39 is 32.5 Å². The molecule has 0 heterocycles. The minimum absolute atomic E-state index is 0.0482. The number of unbranched alkanes of at least 4 members (excludes halogenated alkanes) is 12. The van der Waals surface area contributed by atoms with Crippen molar-refractivity contribution in [1.29, 1.82) is 0 Å². The minimum Gasteiger partial charge on any atom is -0.756 e. The molecule has 2 atom stereocenters. The van der Waals surface area contributed by atoms with Crippen molar-refractivity contribution in [2.75, 3.05) is 47.5 Å². The highest BCUT2D eigenvalue weighted by Crippen LogP contribution is 2.38. The van der Waals surface area contributed by atoms with E-state index in [4.69, 9.17) is 18.5 Å². The molecule has 9 nitrogen and oxygen atoms in total. The Bertz CT molecular complexity index is 1660. The Morgan fingerprint density at radius 1 is 0.451 bits per heavy atom. The Labute approximate surface area is 434 Å². The van der Waals surface area contributed by atoms with E-state index in [1.54, 1.807) is 0 Å². The van der Waals surface area contributed by atoms with Crippen molar-refractivity contribution in [1.82, 2.24) is 0 Å². The SMILES string of the molecule is CC/C=C\C/C=C\C/C=C\C/C=C\C/C=C\C/C=C\C/C=C\C/C=C\C/C=C\C/C=C\CCCCC(=O)OC(COC(=O)CCCCCCC/C=C\CCCCCCC)COP(=O)([O-])OCC[N+](C)(C)C. The number of carbonyl (C=O) groups is 2. The lowest BCUT2D eigenvalue weighted by atomic mass is 10.1. The van der Waals surface area contributed by atoms with Gasteiger partial charge in [-0.2, -0.15) is 0 Å². The predicted molar refractivity (Wildman–Crippen MR) is 300 cm³/mol. The van der Waals surface area contributed by atoms with E-state index in [-0.39, 0.29) is 26.1 Å². The van der Waals surface area contributed by atoms with Crippen LogP contribution in [-0.4, -0.2) is 70.0 Å². The van der Waals surface area contributed by atoms with Crippen molar-refractivity contribution >= 4 is 19.8 Å². The summed E-state index contributed by atoms with van der Waals surface area (Å²) < 4.78 is 34.0. The molecule has 71 heavy (non-hydrogen) atoms. The van der Waals surface area contributed by atoms with Crippen molar-refractivity contribution in [3.8, 4) is 0 Å². The fraction of sp³-hybridized carbons (Fsp3) is 0.607. The van der Waals surface area contributed by atoms with E-state index in [9.17, 15) is 19.0 Å². The molecule has 0 aliphatic heterocycles. The first-order chi connectivity index (χ1) is 34.5. The third-order valence-electron chi connectivity index (χ3n) is 10.9. The average molecular weight is 1010 g/mol. The van der Waals surface area contributed by atoms with Gasteiger partial charge in [-0.15, -0.1) is 0 Å². The number of phosphoric acid groups is 1. The first-order valence-electron chi connectivity index (χ1n) is 27.4. The lowest BCUT2D eigenvalue weighted by Crippen LogP contribution is -2.37. The lowest BCUT2D eigenvalue weighted by Gasteiger charge is -2.28. The monoisotopic (exact) mass is 1010 g/mol. The topological polar surface area (TPSA) is 111 Å². The summed E-state index contributed by atoms with van der Waals surface area (Å²) in [6.07, 6.45) is 73.6. The Hall–Kier alpha value is -3.85. The van der Waals surface area contributed by atoms with Gasteiger partial charge in [-0.05, 0) is 116 Å². The summed E-state index contributed by atoms with van der Waals surface area (Å²) in [5.41, 5.74) is 0. The number of allylic oxidation sites excluding steroid dienone is 22. The fourth-order valence-corrected chi connectivity index (χ4v) is 7.40. The third-order valence-corrected chi connectivity index (χ3v) is 11.9. The maximum Gasteiger partial charge on any atom is 0.306 e. The second kappa shape index (κ2) is 51.1. The first kappa shape index (κ1) is 67.1. The number of phosphoric ester groups is 1. The van der Waals surface area contributed by atoms with E-state index in [2.05, 4.69) is 148 Å². The molecule has 0 aromatic carbocycles. The number of esters is 2. The molecule has 0 aromatic rings. The van der Waals surface area contributed by atoms with Crippen molar-refractivity contribution in [2.45, 2.75) is 193 Å². The van der Waals surface area contributed by atoms with Crippen LogP contribution in [0.4, 0.5) is 0 Å². The number of rotatable bonds is 48. The van der Waals surface area contributed by atoms with Gasteiger partial charge in [0, 0.05) is 12.8 Å². The number of hydrogen-bond donors (Lipinski definition) is 0. The van der Waals surface area contributed by atoms with E-state index in [1.165, 1.54) is 38.5 Å². The zero-order valence-electron chi connectivity index (χ0n) is 45.4. The van der Waals surface area contributed by atoms with Crippen LogP contribution in [0.2, 0.25) is 0 Å². The van der Waals surface area contributed by atoms with Gasteiger partial charge in [0.2, 0.25) is 0 Å². The van der Waals surface area contributed by atoms with Gasteiger partial charge in [0.25, 0.3) is 7.82 Å². The number of carbonyl (C=O) groups excluding carboxylic acids is 2. The molecule has 402 valence electrons. The first-order valence-corrected chi connectivity index (χ1v) is 28.9. The summed E-state index contributed by atoms with van der Waals surface area (Å²) in [5.74, 6) is -0.907. The number of ether oxygens (including phenoxy) is 2. The molecule has 0 saturated carbocycles. The molecule has 0 saturated heterocycles. The highest BCUT2D eigenvalue weighted by atomic mass is 31.2. The lowest BCUT2D eigenvalue weighted by molar-refractivity contribution is -0.870. The van der Waals surface area contributed by atoms with Gasteiger partial charge in [0.05, 0.1) is 27.7 Å². The quantitative estimate of drug-likeness (QED) is 0.0195. The van der Waals surface area contributed by atoms with Crippen LogP contribution in [0.15, 0.2) is 134 Å². The van der Waals surface area contributed by atoms with E-state index in [1.807, 2.05) is 21.1 Å². The summed E-state index contributed by atoms with van der Waals surface area (Å²) in [7, 11) is 1.11.